The summed E-state index contributed by atoms with van der Waals surface area (Å²) in [6.07, 6.45) is 1.24. The smallest absolute Gasteiger partial charge is 0.123 e. The number of hydrogen-bond donors (Lipinski definition) is 1. The first-order valence-electron chi connectivity index (χ1n) is 7.21. The molecule has 0 bridgehead atoms. The minimum atomic E-state index is -0.195. The van der Waals surface area contributed by atoms with Crippen molar-refractivity contribution in [3.63, 3.8) is 0 Å². The molecule has 20 heavy (non-hydrogen) atoms. The molecule has 2 nitrogen and oxygen atoms in total. The van der Waals surface area contributed by atoms with Gasteiger partial charge in [0.05, 0.1) is 6.54 Å². The van der Waals surface area contributed by atoms with Gasteiger partial charge in [0.2, 0.25) is 0 Å². The van der Waals surface area contributed by atoms with Gasteiger partial charge in [0.1, 0.15) is 17.3 Å². The van der Waals surface area contributed by atoms with Crippen LogP contribution in [-0.2, 0) is 6.54 Å². The van der Waals surface area contributed by atoms with E-state index < -0.39 is 0 Å². The fourth-order valence-electron chi connectivity index (χ4n) is 2.55. The van der Waals surface area contributed by atoms with Gasteiger partial charge in [-0.25, -0.2) is 4.39 Å². The monoisotopic (exact) mass is 273 g/mol. The molecule has 1 aliphatic rings. The topological polar surface area (TPSA) is 25.2 Å². The maximum Gasteiger partial charge on any atom is 0.123 e. The molecule has 0 amide bonds. The molecule has 1 heterocycles. The van der Waals surface area contributed by atoms with Crippen LogP contribution in [-0.4, -0.2) is 0 Å². The summed E-state index contributed by atoms with van der Waals surface area (Å²) in [6, 6.07) is 10.9. The third kappa shape index (κ3) is 2.93. The van der Waals surface area contributed by atoms with Gasteiger partial charge in [-0.1, -0.05) is 19.1 Å². The normalized spacial score (nSPS) is 22.8. The van der Waals surface area contributed by atoms with Gasteiger partial charge in [-0.05, 0) is 49.1 Å². The maximum absolute atomic E-state index is 13.2. The number of hydrogen-bond acceptors (Lipinski definition) is 2. The second-order valence-corrected chi connectivity index (χ2v) is 5.78. The van der Waals surface area contributed by atoms with Gasteiger partial charge in [0.25, 0.3) is 0 Å². The zero-order valence-corrected chi connectivity index (χ0v) is 11.9. The summed E-state index contributed by atoms with van der Waals surface area (Å²) in [4.78, 5) is 0. The van der Waals surface area contributed by atoms with Crippen LogP contribution in [0.5, 0.6) is 0 Å². The highest BCUT2D eigenvalue weighted by molar-refractivity contribution is 5.20. The van der Waals surface area contributed by atoms with Crippen LogP contribution in [0.25, 0.3) is 0 Å². The summed E-state index contributed by atoms with van der Waals surface area (Å²) in [5, 5.41) is 3.37. The van der Waals surface area contributed by atoms with Crippen molar-refractivity contribution in [2.45, 2.75) is 38.8 Å². The minimum Gasteiger partial charge on any atom is -0.464 e. The van der Waals surface area contributed by atoms with E-state index >= 15 is 0 Å². The molecule has 1 saturated carbocycles. The maximum atomic E-state index is 13.2. The van der Waals surface area contributed by atoms with Crippen molar-refractivity contribution in [1.82, 2.24) is 5.32 Å². The first-order valence-corrected chi connectivity index (χ1v) is 7.21. The van der Waals surface area contributed by atoms with Gasteiger partial charge in [-0.15, -0.1) is 0 Å². The number of furan rings is 1. The Kier molecular flexibility index (Phi) is 3.62. The molecule has 1 N–H and O–H groups in total. The first-order chi connectivity index (χ1) is 9.63. The van der Waals surface area contributed by atoms with Gasteiger partial charge in [0.15, 0.2) is 0 Å². The highest BCUT2D eigenvalue weighted by Gasteiger charge is 2.36. The molecule has 0 aliphatic heterocycles. The Bertz CT molecular complexity index is 592. The highest BCUT2D eigenvalue weighted by atomic mass is 19.1. The Hall–Kier alpha value is -1.61. The second kappa shape index (κ2) is 5.41. The summed E-state index contributed by atoms with van der Waals surface area (Å²) >= 11 is 0. The molecule has 3 rings (SSSR count). The Labute approximate surface area is 119 Å². The zero-order valence-electron chi connectivity index (χ0n) is 11.9. The van der Waals surface area contributed by atoms with E-state index in [1.165, 1.54) is 12.5 Å². The molecule has 0 saturated heterocycles. The van der Waals surface area contributed by atoms with Crippen LogP contribution < -0.4 is 5.32 Å². The molecule has 1 aromatic heterocycles. The quantitative estimate of drug-likeness (QED) is 0.873. The van der Waals surface area contributed by atoms with Crippen molar-refractivity contribution in [1.29, 1.82) is 0 Å². The van der Waals surface area contributed by atoms with Crippen molar-refractivity contribution in [2.24, 2.45) is 5.92 Å². The standard InChI is InChI=1S/C17H20FNO/c1-11-8-16(11)17-7-6-15(20-17)10-19-12(2)13-4-3-5-14(18)9-13/h3-7,9,11-12,16,19H,8,10H2,1-2H3/t11?,12-,16?/m1/s1. The largest absolute Gasteiger partial charge is 0.464 e. The number of rotatable bonds is 5. The van der Waals surface area contributed by atoms with Crippen molar-refractivity contribution < 1.29 is 8.81 Å². The molecule has 3 atom stereocenters. The van der Waals surface area contributed by atoms with E-state index in [9.17, 15) is 4.39 Å². The zero-order chi connectivity index (χ0) is 14.1. The summed E-state index contributed by atoms with van der Waals surface area (Å²) < 4.78 is 19.0. The lowest BCUT2D eigenvalue weighted by molar-refractivity contribution is 0.430. The lowest BCUT2D eigenvalue weighted by Crippen LogP contribution is -2.17. The molecule has 1 fully saturated rings. The van der Waals surface area contributed by atoms with E-state index in [4.69, 9.17) is 4.42 Å². The molecule has 2 unspecified atom stereocenters. The van der Waals surface area contributed by atoms with Gasteiger partial charge < -0.3 is 9.73 Å². The summed E-state index contributed by atoms with van der Waals surface area (Å²) in [5.41, 5.74) is 0.951. The van der Waals surface area contributed by atoms with E-state index in [-0.39, 0.29) is 11.9 Å². The SMILES string of the molecule is CC1CC1c1ccc(CN[C@H](C)c2cccc(F)c2)o1. The minimum absolute atomic E-state index is 0.0964. The van der Waals surface area contributed by atoms with E-state index in [0.717, 1.165) is 23.0 Å². The molecule has 0 spiro atoms. The van der Waals surface area contributed by atoms with Crippen LogP contribution in [0.3, 0.4) is 0 Å². The number of nitrogens with one attached hydrogen (secondary N) is 1. The molecule has 106 valence electrons. The second-order valence-electron chi connectivity index (χ2n) is 5.78. The molecule has 1 aromatic carbocycles. The van der Waals surface area contributed by atoms with Crippen LogP contribution in [0, 0.1) is 11.7 Å². The van der Waals surface area contributed by atoms with Crippen LogP contribution >= 0.6 is 0 Å². The molecule has 1 aliphatic carbocycles. The number of benzene rings is 1. The third-order valence-corrected chi connectivity index (χ3v) is 4.09. The molecule has 2 aromatic rings. The molecular formula is C17H20FNO. The lowest BCUT2D eigenvalue weighted by Gasteiger charge is -2.13. The van der Waals surface area contributed by atoms with Gasteiger partial charge >= 0.3 is 0 Å². The highest BCUT2D eigenvalue weighted by Crippen LogP contribution is 2.47. The van der Waals surface area contributed by atoms with Gasteiger partial charge in [0, 0.05) is 12.0 Å². The van der Waals surface area contributed by atoms with Crippen molar-refractivity contribution >= 4 is 0 Å². The predicted octanol–water partition coefficient (Wildman–Crippen LogP) is 4.39. The predicted molar refractivity (Wildman–Crippen MR) is 76.9 cm³/mol. The van der Waals surface area contributed by atoms with Crippen molar-refractivity contribution in [3.8, 4) is 0 Å². The van der Waals surface area contributed by atoms with E-state index in [2.05, 4.69) is 18.3 Å². The van der Waals surface area contributed by atoms with E-state index in [1.807, 2.05) is 19.1 Å². The first kappa shape index (κ1) is 13.4. The van der Waals surface area contributed by atoms with Crippen LogP contribution in [0.1, 0.15) is 49.3 Å². The molecule has 3 heteroatoms. The Balaban J connectivity index is 1.57. The van der Waals surface area contributed by atoms with Gasteiger partial charge in [-0.2, -0.15) is 0 Å². The summed E-state index contributed by atoms with van der Waals surface area (Å²) in [7, 11) is 0. The van der Waals surface area contributed by atoms with E-state index in [0.29, 0.717) is 12.5 Å². The van der Waals surface area contributed by atoms with E-state index in [1.54, 1.807) is 12.1 Å². The van der Waals surface area contributed by atoms with Crippen LogP contribution in [0.15, 0.2) is 40.8 Å². The average Bonchev–Trinajstić information content (AvgIpc) is 2.99. The summed E-state index contributed by atoms with van der Waals surface area (Å²) in [6.45, 7) is 4.94. The summed E-state index contributed by atoms with van der Waals surface area (Å²) in [5.74, 6) is 3.23. The fraction of sp³-hybridized carbons (Fsp3) is 0.412. The molecular weight excluding hydrogens is 253 g/mol. The average molecular weight is 273 g/mol. The Morgan fingerprint density at radius 2 is 2.15 bits per heavy atom. The fourth-order valence-corrected chi connectivity index (χ4v) is 2.55. The Morgan fingerprint density at radius 1 is 1.35 bits per heavy atom. The Morgan fingerprint density at radius 3 is 2.85 bits per heavy atom. The lowest BCUT2D eigenvalue weighted by atomic mass is 10.1. The van der Waals surface area contributed by atoms with Crippen LogP contribution in [0.4, 0.5) is 4.39 Å². The van der Waals surface area contributed by atoms with Gasteiger partial charge in [-0.3, -0.25) is 0 Å². The molecule has 0 radical (unpaired) electrons. The van der Waals surface area contributed by atoms with Crippen LogP contribution in [0.2, 0.25) is 0 Å². The third-order valence-electron chi connectivity index (χ3n) is 4.09. The van der Waals surface area contributed by atoms with Crippen molar-refractivity contribution in [3.05, 3.63) is 59.3 Å². The number of halogens is 1. The van der Waals surface area contributed by atoms with Crippen molar-refractivity contribution in [2.75, 3.05) is 0 Å².